The molecule has 0 atom stereocenters. The summed E-state index contributed by atoms with van der Waals surface area (Å²) in [5.41, 5.74) is 0.747. The number of ether oxygens (including phenoxy) is 1. The number of carbonyl (C=O) groups is 2. The molecular formula is C10H10ClNO3. The van der Waals surface area contributed by atoms with Crippen LogP contribution in [-0.2, 0) is 20.9 Å². The Bertz CT molecular complexity index is 379. The van der Waals surface area contributed by atoms with Gasteiger partial charge in [0, 0.05) is 11.6 Å². The zero-order valence-corrected chi connectivity index (χ0v) is 8.88. The van der Waals surface area contributed by atoms with E-state index in [1.54, 1.807) is 24.3 Å². The molecule has 0 spiro atoms. The van der Waals surface area contributed by atoms with E-state index < -0.39 is 11.9 Å². The van der Waals surface area contributed by atoms with Gasteiger partial charge in [0.1, 0.15) is 0 Å². The van der Waals surface area contributed by atoms with Gasteiger partial charge in [0.15, 0.2) is 0 Å². The number of hydrogen-bond donors (Lipinski definition) is 1. The second kappa shape index (κ2) is 5.36. The third kappa shape index (κ3) is 3.25. The van der Waals surface area contributed by atoms with E-state index in [0.717, 1.165) is 12.7 Å². The Hall–Kier alpha value is -1.55. The molecule has 0 aliphatic heterocycles. The van der Waals surface area contributed by atoms with Crippen LogP contribution in [0.3, 0.4) is 0 Å². The van der Waals surface area contributed by atoms with Crippen molar-refractivity contribution in [3.8, 4) is 0 Å². The number of methoxy groups -OCH3 is 1. The lowest BCUT2D eigenvalue weighted by Gasteiger charge is -2.05. The zero-order valence-electron chi connectivity index (χ0n) is 8.12. The molecule has 0 aliphatic carbocycles. The van der Waals surface area contributed by atoms with Gasteiger partial charge in [-0.25, -0.2) is 4.79 Å². The molecule has 0 saturated carbocycles. The van der Waals surface area contributed by atoms with Crippen molar-refractivity contribution in [2.75, 3.05) is 7.11 Å². The standard InChI is InChI=1S/C10H10ClNO3/c1-15-10(14)9(13)12-6-7-4-2-3-5-8(7)11/h2-5H,6H2,1H3,(H,12,13). The molecule has 0 saturated heterocycles. The van der Waals surface area contributed by atoms with E-state index in [2.05, 4.69) is 10.1 Å². The second-order valence-corrected chi connectivity index (χ2v) is 3.17. The van der Waals surface area contributed by atoms with E-state index in [-0.39, 0.29) is 6.54 Å². The van der Waals surface area contributed by atoms with E-state index >= 15 is 0 Å². The minimum Gasteiger partial charge on any atom is -0.462 e. The molecule has 0 fully saturated rings. The van der Waals surface area contributed by atoms with Crippen LogP contribution in [0.4, 0.5) is 0 Å². The maximum Gasteiger partial charge on any atom is 0.396 e. The lowest BCUT2D eigenvalue weighted by Crippen LogP contribution is -2.31. The Morgan fingerprint density at radius 3 is 2.67 bits per heavy atom. The van der Waals surface area contributed by atoms with Crippen LogP contribution in [0.15, 0.2) is 24.3 Å². The van der Waals surface area contributed by atoms with Crippen molar-refractivity contribution < 1.29 is 14.3 Å². The number of esters is 1. The van der Waals surface area contributed by atoms with E-state index in [1.165, 1.54) is 0 Å². The van der Waals surface area contributed by atoms with Crippen molar-refractivity contribution in [2.45, 2.75) is 6.54 Å². The first-order valence-electron chi connectivity index (χ1n) is 4.24. The Morgan fingerprint density at radius 2 is 2.07 bits per heavy atom. The number of rotatable bonds is 2. The van der Waals surface area contributed by atoms with Crippen molar-refractivity contribution in [1.82, 2.24) is 5.32 Å². The van der Waals surface area contributed by atoms with Crippen LogP contribution < -0.4 is 5.32 Å². The Labute approximate surface area is 92.2 Å². The van der Waals surface area contributed by atoms with Crippen LogP contribution in [-0.4, -0.2) is 19.0 Å². The molecule has 1 N–H and O–H groups in total. The monoisotopic (exact) mass is 227 g/mol. The molecule has 4 nitrogen and oxygen atoms in total. The zero-order chi connectivity index (χ0) is 11.3. The number of hydrogen-bond acceptors (Lipinski definition) is 3. The van der Waals surface area contributed by atoms with Crippen molar-refractivity contribution >= 4 is 23.5 Å². The normalized spacial score (nSPS) is 9.47. The summed E-state index contributed by atoms with van der Waals surface area (Å²) in [5, 5.41) is 2.94. The number of nitrogens with one attached hydrogen (secondary N) is 1. The van der Waals surface area contributed by atoms with Gasteiger partial charge >= 0.3 is 11.9 Å². The fraction of sp³-hybridized carbons (Fsp3) is 0.200. The highest BCUT2D eigenvalue weighted by atomic mass is 35.5. The molecule has 1 aromatic rings. The maximum atomic E-state index is 11.0. The molecule has 0 heterocycles. The van der Waals surface area contributed by atoms with Gasteiger partial charge in [0.05, 0.1) is 7.11 Å². The average Bonchev–Trinajstić information content (AvgIpc) is 2.26. The van der Waals surface area contributed by atoms with Crippen molar-refractivity contribution in [1.29, 1.82) is 0 Å². The summed E-state index contributed by atoms with van der Waals surface area (Å²) in [7, 11) is 1.15. The van der Waals surface area contributed by atoms with Crippen LogP contribution in [0.25, 0.3) is 0 Å². The SMILES string of the molecule is COC(=O)C(=O)NCc1ccccc1Cl. The first-order valence-corrected chi connectivity index (χ1v) is 4.62. The lowest BCUT2D eigenvalue weighted by atomic mass is 10.2. The predicted octanol–water partition coefficient (Wildman–Crippen LogP) is 1.13. The quantitative estimate of drug-likeness (QED) is 0.609. The van der Waals surface area contributed by atoms with Crippen LogP contribution in [0.1, 0.15) is 5.56 Å². The van der Waals surface area contributed by atoms with Gasteiger partial charge in [0.25, 0.3) is 0 Å². The topological polar surface area (TPSA) is 55.4 Å². The summed E-state index contributed by atoms with van der Waals surface area (Å²) >= 11 is 5.85. The fourth-order valence-electron chi connectivity index (χ4n) is 0.982. The molecule has 1 amide bonds. The van der Waals surface area contributed by atoms with Gasteiger partial charge in [0.2, 0.25) is 0 Å². The molecule has 0 aromatic heterocycles. The third-order valence-electron chi connectivity index (χ3n) is 1.77. The summed E-state index contributed by atoms with van der Waals surface area (Å²) in [6, 6.07) is 7.06. The van der Waals surface area contributed by atoms with Gasteiger partial charge in [-0.15, -0.1) is 0 Å². The molecule has 0 unspecified atom stereocenters. The van der Waals surface area contributed by atoms with Gasteiger partial charge < -0.3 is 10.1 Å². The smallest absolute Gasteiger partial charge is 0.396 e. The van der Waals surface area contributed by atoms with Crippen molar-refractivity contribution in [3.05, 3.63) is 34.9 Å². The predicted molar refractivity (Wildman–Crippen MR) is 55.3 cm³/mol. The van der Waals surface area contributed by atoms with Gasteiger partial charge in [-0.2, -0.15) is 0 Å². The average molecular weight is 228 g/mol. The Balaban J connectivity index is 2.54. The van der Waals surface area contributed by atoms with Crippen molar-refractivity contribution in [3.63, 3.8) is 0 Å². The summed E-state index contributed by atoms with van der Waals surface area (Å²) in [4.78, 5) is 21.8. The Kier molecular flexibility index (Phi) is 4.12. The molecule has 1 rings (SSSR count). The molecule has 0 radical (unpaired) electrons. The number of carbonyl (C=O) groups excluding carboxylic acids is 2. The minimum atomic E-state index is -0.915. The Morgan fingerprint density at radius 1 is 1.40 bits per heavy atom. The highest BCUT2D eigenvalue weighted by Crippen LogP contribution is 2.14. The van der Waals surface area contributed by atoms with Crippen LogP contribution >= 0.6 is 11.6 Å². The highest BCUT2D eigenvalue weighted by molar-refractivity contribution is 6.32. The van der Waals surface area contributed by atoms with E-state index in [1.807, 2.05) is 0 Å². The number of halogens is 1. The minimum absolute atomic E-state index is 0.202. The van der Waals surface area contributed by atoms with Crippen molar-refractivity contribution in [2.24, 2.45) is 0 Å². The van der Waals surface area contributed by atoms with Crippen LogP contribution in [0.5, 0.6) is 0 Å². The van der Waals surface area contributed by atoms with Gasteiger partial charge in [-0.05, 0) is 11.6 Å². The van der Waals surface area contributed by atoms with Crippen LogP contribution in [0, 0.1) is 0 Å². The summed E-state index contributed by atoms with van der Waals surface area (Å²) < 4.78 is 4.25. The van der Waals surface area contributed by atoms with Gasteiger partial charge in [-0.3, -0.25) is 4.79 Å². The first kappa shape index (κ1) is 11.5. The van der Waals surface area contributed by atoms with Gasteiger partial charge in [-0.1, -0.05) is 29.8 Å². The number of amides is 1. The second-order valence-electron chi connectivity index (χ2n) is 2.77. The highest BCUT2D eigenvalue weighted by Gasteiger charge is 2.12. The molecule has 5 heteroatoms. The summed E-state index contributed by atoms with van der Waals surface area (Å²) in [6.07, 6.45) is 0. The molecule has 0 bridgehead atoms. The molecule has 80 valence electrons. The molecule has 15 heavy (non-hydrogen) atoms. The van der Waals surface area contributed by atoms with E-state index in [0.29, 0.717) is 5.02 Å². The fourth-order valence-corrected chi connectivity index (χ4v) is 1.18. The first-order chi connectivity index (χ1) is 7.15. The summed E-state index contributed by atoms with van der Waals surface area (Å²) in [6.45, 7) is 0.202. The van der Waals surface area contributed by atoms with E-state index in [9.17, 15) is 9.59 Å². The lowest BCUT2D eigenvalue weighted by molar-refractivity contribution is -0.152. The number of benzene rings is 1. The molecule has 0 aliphatic rings. The molecule has 1 aromatic carbocycles. The summed E-state index contributed by atoms with van der Waals surface area (Å²) in [5.74, 6) is -1.69. The molecular weight excluding hydrogens is 218 g/mol. The van der Waals surface area contributed by atoms with E-state index in [4.69, 9.17) is 11.6 Å². The van der Waals surface area contributed by atoms with Crippen LogP contribution in [0.2, 0.25) is 5.02 Å². The largest absolute Gasteiger partial charge is 0.462 e. The maximum absolute atomic E-state index is 11.0. The third-order valence-corrected chi connectivity index (χ3v) is 2.14.